The van der Waals surface area contributed by atoms with Crippen molar-refractivity contribution in [2.45, 2.75) is 45.3 Å². The SMILES string of the molecule is CC(C)(C)OC(=O)N1CC[C@H](O)CC1=O. The molecular weight excluding hydrogens is 198 g/mol. The molecule has 0 radical (unpaired) electrons. The predicted molar refractivity (Wildman–Crippen MR) is 53.2 cm³/mol. The maximum atomic E-state index is 11.5. The number of carbonyl (C=O) groups excluding carboxylic acids is 2. The third kappa shape index (κ3) is 3.51. The van der Waals surface area contributed by atoms with Crippen LogP contribution in [0.5, 0.6) is 0 Å². The number of aliphatic hydroxyl groups is 1. The zero-order valence-corrected chi connectivity index (χ0v) is 9.32. The van der Waals surface area contributed by atoms with Crippen LogP contribution in [0.4, 0.5) is 4.79 Å². The molecule has 1 N–H and O–H groups in total. The van der Waals surface area contributed by atoms with E-state index >= 15 is 0 Å². The molecule has 15 heavy (non-hydrogen) atoms. The Labute approximate surface area is 89.0 Å². The first-order chi connectivity index (χ1) is 6.79. The van der Waals surface area contributed by atoms with Gasteiger partial charge >= 0.3 is 6.09 Å². The number of aliphatic hydroxyl groups excluding tert-OH is 1. The summed E-state index contributed by atoms with van der Waals surface area (Å²) < 4.78 is 5.07. The molecule has 86 valence electrons. The number of rotatable bonds is 0. The van der Waals surface area contributed by atoms with E-state index in [1.807, 2.05) is 0 Å². The molecule has 1 saturated heterocycles. The number of piperidine rings is 1. The number of ether oxygens (including phenoxy) is 1. The van der Waals surface area contributed by atoms with Gasteiger partial charge in [-0.15, -0.1) is 0 Å². The lowest BCUT2D eigenvalue weighted by Crippen LogP contribution is -2.46. The number of carbonyl (C=O) groups is 2. The predicted octanol–water partition coefficient (Wildman–Crippen LogP) is 0.905. The summed E-state index contributed by atoms with van der Waals surface area (Å²) in [6.07, 6.45) is -0.833. The molecule has 0 spiro atoms. The Morgan fingerprint density at radius 3 is 2.60 bits per heavy atom. The van der Waals surface area contributed by atoms with Gasteiger partial charge in [0.1, 0.15) is 5.60 Å². The zero-order chi connectivity index (χ0) is 11.6. The van der Waals surface area contributed by atoms with Crippen LogP contribution in [0.2, 0.25) is 0 Å². The summed E-state index contributed by atoms with van der Waals surface area (Å²) in [6.45, 7) is 5.46. The molecule has 0 aromatic heterocycles. The highest BCUT2D eigenvalue weighted by molar-refractivity contribution is 5.92. The van der Waals surface area contributed by atoms with Crippen molar-refractivity contribution in [3.63, 3.8) is 0 Å². The maximum absolute atomic E-state index is 11.5. The van der Waals surface area contributed by atoms with E-state index in [9.17, 15) is 14.7 Å². The Hall–Kier alpha value is -1.10. The van der Waals surface area contributed by atoms with Gasteiger partial charge < -0.3 is 9.84 Å². The lowest BCUT2D eigenvalue weighted by atomic mass is 10.1. The highest BCUT2D eigenvalue weighted by atomic mass is 16.6. The van der Waals surface area contributed by atoms with Crippen LogP contribution in [-0.4, -0.2) is 40.3 Å². The Balaban J connectivity index is 2.57. The molecule has 1 atom stereocenters. The lowest BCUT2D eigenvalue weighted by Gasteiger charge is -2.30. The number of hydrogen-bond acceptors (Lipinski definition) is 4. The van der Waals surface area contributed by atoms with Crippen LogP contribution in [-0.2, 0) is 9.53 Å². The maximum Gasteiger partial charge on any atom is 0.417 e. The van der Waals surface area contributed by atoms with Crippen molar-refractivity contribution in [2.75, 3.05) is 6.54 Å². The zero-order valence-electron chi connectivity index (χ0n) is 9.32. The number of amides is 2. The molecular formula is C10H17NO4. The van der Waals surface area contributed by atoms with Crippen molar-refractivity contribution >= 4 is 12.0 Å². The van der Waals surface area contributed by atoms with Crippen LogP contribution in [0.3, 0.4) is 0 Å². The third-order valence-electron chi connectivity index (χ3n) is 2.01. The van der Waals surface area contributed by atoms with E-state index in [0.29, 0.717) is 6.42 Å². The smallest absolute Gasteiger partial charge is 0.417 e. The van der Waals surface area contributed by atoms with Gasteiger partial charge in [-0.2, -0.15) is 0 Å². The molecule has 1 heterocycles. The fourth-order valence-corrected chi connectivity index (χ4v) is 1.33. The second kappa shape index (κ2) is 4.18. The average Bonchev–Trinajstić information content (AvgIpc) is 1.99. The summed E-state index contributed by atoms with van der Waals surface area (Å²) in [5.74, 6) is -0.372. The van der Waals surface area contributed by atoms with E-state index in [2.05, 4.69) is 0 Å². The van der Waals surface area contributed by atoms with Gasteiger partial charge in [-0.1, -0.05) is 0 Å². The van der Waals surface area contributed by atoms with E-state index in [4.69, 9.17) is 4.74 Å². The third-order valence-corrected chi connectivity index (χ3v) is 2.01. The number of imide groups is 1. The van der Waals surface area contributed by atoms with Gasteiger partial charge in [0.2, 0.25) is 5.91 Å². The van der Waals surface area contributed by atoms with Crippen molar-refractivity contribution in [1.29, 1.82) is 0 Å². The fraction of sp³-hybridized carbons (Fsp3) is 0.800. The van der Waals surface area contributed by atoms with E-state index in [-0.39, 0.29) is 18.9 Å². The average molecular weight is 215 g/mol. The highest BCUT2D eigenvalue weighted by Crippen LogP contribution is 2.16. The molecule has 5 heteroatoms. The Kier molecular flexibility index (Phi) is 3.34. The van der Waals surface area contributed by atoms with E-state index in [0.717, 1.165) is 4.90 Å². The highest BCUT2D eigenvalue weighted by Gasteiger charge is 2.31. The van der Waals surface area contributed by atoms with Crippen LogP contribution >= 0.6 is 0 Å². The second-order valence-corrected chi connectivity index (χ2v) is 4.67. The van der Waals surface area contributed by atoms with Crippen molar-refractivity contribution in [3.05, 3.63) is 0 Å². The summed E-state index contributed by atoms with van der Waals surface area (Å²) in [7, 11) is 0. The van der Waals surface area contributed by atoms with Gasteiger partial charge in [0.25, 0.3) is 0 Å². The van der Waals surface area contributed by atoms with Gasteiger partial charge in [-0.3, -0.25) is 4.79 Å². The molecule has 0 aliphatic carbocycles. The van der Waals surface area contributed by atoms with Gasteiger partial charge in [0, 0.05) is 6.54 Å². The standard InChI is InChI=1S/C10H17NO4/c1-10(2,3)15-9(14)11-5-4-7(12)6-8(11)13/h7,12H,4-6H2,1-3H3/t7-/m0/s1. The molecule has 0 unspecified atom stereocenters. The Morgan fingerprint density at radius 1 is 1.53 bits per heavy atom. The molecule has 1 aliphatic rings. The molecule has 2 amide bonds. The first-order valence-corrected chi connectivity index (χ1v) is 5.01. The minimum Gasteiger partial charge on any atom is -0.443 e. The van der Waals surface area contributed by atoms with Crippen molar-refractivity contribution in [3.8, 4) is 0 Å². The molecule has 0 aromatic rings. The molecule has 1 aliphatic heterocycles. The van der Waals surface area contributed by atoms with Crippen LogP contribution in [0.25, 0.3) is 0 Å². The van der Waals surface area contributed by atoms with Gasteiger partial charge in [0.15, 0.2) is 0 Å². The van der Waals surface area contributed by atoms with Gasteiger partial charge in [-0.05, 0) is 27.2 Å². The summed E-state index contributed by atoms with van der Waals surface area (Å²) in [5, 5.41) is 9.21. The molecule has 0 saturated carbocycles. The molecule has 0 aromatic carbocycles. The quantitative estimate of drug-likeness (QED) is 0.652. The fourth-order valence-electron chi connectivity index (χ4n) is 1.33. The Morgan fingerprint density at radius 2 is 2.13 bits per heavy atom. The number of hydrogen-bond donors (Lipinski definition) is 1. The molecule has 1 fully saturated rings. The largest absolute Gasteiger partial charge is 0.443 e. The molecule has 0 bridgehead atoms. The van der Waals surface area contributed by atoms with E-state index in [1.165, 1.54) is 0 Å². The van der Waals surface area contributed by atoms with Crippen molar-refractivity contribution in [2.24, 2.45) is 0 Å². The topological polar surface area (TPSA) is 66.8 Å². The normalized spacial score (nSPS) is 22.8. The lowest BCUT2D eigenvalue weighted by molar-refractivity contribution is -0.135. The summed E-state index contributed by atoms with van der Waals surface area (Å²) in [6, 6.07) is 0. The van der Waals surface area contributed by atoms with Crippen LogP contribution in [0, 0.1) is 0 Å². The summed E-state index contributed by atoms with van der Waals surface area (Å²) >= 11 is 0. The van der Waals surface area contributed by atoms with Crippen molar-refractivity contribution in [1.82, 2.24) is 4.90 Å². The van der Waals surface area contributed by atoms with Crippen molar-refractivity contribution < 1.29 is 19.4 Å². The minimum absolute atomic E-state index is 0.000751. The van der Waals surface area contributed by atoms with Crippen LogP contribution in [0.15, 0.2) is 0 Å². The minimum atomic E-state index is -0.629. The molecule has 5 nitrogen and oxygen atoms in total. The molecule has 1 rings (SSSR count). The van der Waals surface area contributed by atoms with Crippen LogP contribution < -0.4 is 0 Å². The second-order valence-electron chi connectivity index (χ2n) is 4.67. The summed E-state index contributed by atoms with van der Waals surface area (Å²) in [4.78, 5) is 24.0. The van der Waals surface area contributed by atoms with Gasteiger partial charge in [-0.25, -0.2) is 9.69 Å². The van der Waals surface area contributed by atoms with E-state index in [1.54, 1.807) is 20.8 Å². The number of nitrogens with zero attached hydrogens (tertiary/aromatic N) is 1. The Bertz CT molecular complexity index is 269. The van der Waals surface area contributed by atoms with E-state index < -0.39 is 17.8 Å². The monoisotopic (exact) mass is 215 g/mol. The first-order valence-electron chi connectivity index (χ1n) is 5.01. The first kappa shape index (κ1) is 12.0. The van der Waals surface area contributed by atoms with Gasteiger partial charge in [0.05, 0.1) is 12.5 Å². The number of likely N-dealkylation sites (tertiary alicyclic amines) is 1. The van der Waals surface area contributed by atoms with Crippen LogP contribution in [0.1, 0.15) is 33.6 Å². The summed E-state index contributed by atoms with van der Waals surface area (Å²) in [5.41, 5.74) is -0.604.